The number of nitrogen functional groups attached to an aromatic ring is 1. The highest BCUT2D eigenvalue weighted by molar-refractivity contribution is 5.98. The van der Waals surface area contributed by atoms with Crippen LogP contribution in [-0.2, 0) is 9.47 Å². The molecule has 0 saturated carbocycles. The molecule has 0 unspecified atom stereocenters. The van der Waals surface area contributed by atoms with Crippen molar-refractivity contribution in [2.75, 3.05) is 53.4 Å². The van der Waals surface area contributed by atoms with Gasteiger partial charge in [0.15, 0.2) is 5.75 Å². The van der Waals surface area contributed by atoms with Gasteiger partial charge in [0, 0.05) is 27.3 Å². The van der Waals surface area contributed by atoms with E-state index < -0.39 is 0 Å². The Morgan fingerprint density at radius 3 is 2.25 bits per heavy atom. The van der Waals surface area contributed by atoms with Crippen LogP contribution in [0.5, 0.6) is 5.75 Å². The lowest BCUT2D eigenvalue weighted by molar-refractivity contribution is 0.0624. The molecule has 0 spiro atoms. The molecular weight excluding hydrogens is 260 g/mol. The first-order chi connectivity index (χ1) is 9.65. The van der Waals surface area contributed by atoms with E-state index in [0.717, 1.165) is 0 Å². The van der Waals surface area contributed by atoms with Crippen molar-refractivity contribution < 1.29 is 19.0 Å². The summed E-state index contributed by atoms with van der Waals surface area (Å²) < 4.78 is 15.3. The molecule has 0 aliphatic carbocycles. The van der Waals surface area contributed by atoms with Gasteiger partial charge in [-0.1, -0.05) is 6.07 Å². The third-order valence-corrected chi connectivity index (χ3v) is 2.90. The number of methoxy groups -OCH3 is 3. The average molecular weight is 282 g/mol. The first kappa shape index (κ1) is 16.3. The second-order valence-electron chi connectivity index (χ2n) is 4.21. The Kier molecular flexibility index (Phi) is 6.83. The van der Waals surface area contributed by atoms with Crippen molar-refractivity contribution in [2.45, 2.75) is 0 Å². The molecule has 1 rings (SSSR count). The lowest BCUT2D eigenvalue weighted by atomic mass is 10.1. The van der Waals surface area contributed by atoms with Crippen LogP contribution < -0.4 is 10.5 Å². The zero-order valence-electron chi connectivity index (χ0n) is 12.2. The smallest absolute Gasteiger partial charge is 0.257 e. The Hall–Kier alpha value is -1.79. The third-order valence-electron chi connectivity index (χ3n) is 2.90. The summed E-state index contributed by atoms with van der Waals surface area (Å²) in [6, 6.07) is 5.13. The fourth-order valence-corrected chi connectivity index (χ4v) is 1.84. The molecule has 1 aromatic rings. The fourth-order valence-electron chi connectivity index (χ4n) is 1.84. The summed E-state index contributed by atoms with van der Waals surface area (Å²) in [7, 11) is 4.69. The van der Waals surface area contributed by atoms with E-state index in [2.05, 4.69) is 0 Å². The minimum absolute atomic E-state index is 0.150. The molecule has 0 bridgehead atoms. The molecule has 0 fully saturated rings. The lowest BCUT2D eigenvalue weighted by Gasteiger charge is -2.23. The summed E-state index contributed by atoms with van der Waals surface area (Å²) >= 11 is 0. The van der Waals surface area contributed by atoms with Crippen LogP contribution in [0.1, 0.15) is 10.4 Å². The van der Waals surface area contributed by atoms with Crippen LogP contribution in [0.15, 0.2) is 18.2 Å². The molecule has 0 heterocycles. The van der Waals surface area contributed by atoms with Crippen LogP contribution >= 0.6 is 0 Å². The zero-order chi connectivity index (χ0) is 15.0. The van der Waals surface area contributed by atoms with E-state index in [-0.39, 0.29) is 5.91 Å². The minimum atomic E-state index is -0.150. The Morgan fingerprint density at radius 2 is 1.75 bits per heavy atom. The molecule has 1 amide bonds. The summed E-state index contributed by atoms with van der Waals surface area (Å²) in [5.74, 6) is 0.251. The highest BCUT2D eigenvalue weighted by Crippen LogP contribution is 2.26. The van der Waals surface area contributed by atoms with Gasteiger partial charge in [-0.25, -0.2) is 0 Å². The molecule has 0 radical (unpaired) electrons. The molecule has 20 heavy (non-hydrogen) atoms. The van der Waals surface area contributed by atoms with Gasteiger partial charge in [0.2, 0.25) is 0 Å². The van der Waals surface area contributed by atoms with E-state index >= 15 is 0 Å². The van der Waals surface area contributed by atoms with Crippen molar-refractivity contribution in [3.63, 3.8) is 0 Å². The van der Waals surface area contributed by atoms with Crippen LogP contribution in [0.2, 0.25) is 0 Å². The number of carbonyl (C=O) groups is 1. The molecule has 1 aromatic carbocycles. The van der Waals surface area contributed by atoms with E-state index in [1.165, 1.54) is 7.11 Å². The van der Waals surface area contributed by atoms with E-state index in [4.69, 9.17) is 19.9 Å². The first-order valence-electron chi connectivity index (χ1n) is 6.35. The van der Waals surface area contributed by atoms with Gasteiger partial charge in [-0.05, 0) is 12.1 Å². The highest BCUT2D eigenvalue weighted by atomic mass is 16.5. The molecule has 0 atom stereocenters. The predicted octanol–water partition coefficient (Wildman–Crippen LogP) is 1.01. The maximum atomic E-state index is 12.6. The largest absolute Gasteiger partial charge is 0.494 e. The topological polar surface area (TPSA) is 74.0 Å². The number of benzene rings is 1. The Morgan fingerprint density at radius 1 is 1.15 bits per heavy atom. The number of nitrogens with two attached hydrogens (primary N) is 1. The van der Waals surface area contributed by atoms with Crippen LogP contribution in [0.4, 0.5) is 5.69 Å². The number of hydrogen-bond acceptors (Lipinski definition) is 5. The minimum Gasteiger partial charge on any atom is -0.494 e. The van der Waals surface area contributed by atoms with Crippen LogP contribution in [0.3, 0.4) is 0 Å². The molecule has 0 aliphatic heterocycles. The summed E-state index contributed by atoms with van der Waals surface area (Å²) in [5, 5.41) is 0. The number of nitrogens with zero attached hydrogens (tertiary/aromatic N) is 1. The zero-order valence-corrected chi connectivity index (χ0v) is 12.2. The van der Waals surface area contributed by atoms with Gasteiger partial charge in [-0.2, -0.15) is 0 Å². The normalized spacial score (nSPS) is 10.3. The van der Waals surface area contributed by atoms with Gasteiger partial charge in [0.1, 0.15) is 0 Å². The quantitative estimate of drug-likeness (QED) is 0.720. The molecule has 2 N–H and O–H groups in total. The molecule has 0 aromatic heterocycles. The maximum Gasteiger partial charge on any atom is 0.257 e. The maximum absolute atomic E-state index is 12.6. The predicted molar refractivity (Wildman–Crippen MR) is 77.1 cm³/mol. The van der Waals surface area contributed by atoms with Gasteiger partial charge >= 0.3 is 0 Å². The molecule has 6 heteroatoms. The molecule has 0 aliphatic rings. The third kappa shape index (κ3) is 4.11. The van der Waals surface area contributed by atoms with Crippen LogP contribution in [0.25, 0.3) is 0 Å². The van der Waals surface area contributed by atoms with Gasteiger partial charge in [0.25, 0.3) is 5.91 Å². The van der Waals surface area contributed by atoms with Crippen molar-refractivity contribution in [2.24, 2.45) is 0 Å². The van der Waals surface area contributed by atoms with Crippen molar-refractivity contribution >= 4 is 11.6 Å². The number of amides is 1. The number of anilines is 1. The van der Waals surface area contributed by atoms with Crippen LogP contribution in [0, 0.1) is 0 Å². The molecule has 0 saturated heterocycles. The van der Waals surface area contributed by atoms with Crippen molar-refractivity contribution in [1.82, 2.24) is 4.90 Å². The van der Waals surface area contributed by atoms with Crippen molar-refractivity contribution in [3.05, 3.63) is 23.8 Å². The van der Waals surface area contributed by atoms with Gasteiger partial charge in [-0.15, -0.1) is 0 Å². The van der Waals surface area contributed by atoms with Crippen molar-refractivity contribution in [3.8, 4) is 5.75 Å². The molecular formula is C14H22N2O4. The molecule has 112 valence electrons. The number of carbonyl (C=O) groups excluding carboxylic acids is 1. The van der Waals surface area contributed by atoms with Gasteiger partial charge in [0.05, 0.1) is 31.6 Å². The van der Waals surface area contributed by atoms with E-state index in [1.807, 2.05) is 0 Å². The first-order valence-corrected chi connectivity index (χ1v) is 6.35. The van der Waals surface area contributed by atoms with E-state index in [9.17, 15) is 4.79 Å². The number of rotatable bonds is 8. The Labute approximate surface area is 119 Å². The Bertz CT molecular complexity index is 429. The van der Waals surface area contributed by atoms with Crippen molar-refractivity contribution in [1.29, 1.82) is 0 Å². The van der Waals surface area contributed by atoms with Gasteiger partial charge < -0.3 is 24.8 Å². The second-order valence-corrected chi connectivity index (χ2v) is 4.21. The number of hydrogen-bond donors (Lipinski definition) is 1. The summed E-state index contributed by atoms with van der Waals surface area (Å²) in [6.45, 7) is 1.88. The summed E-state index contributed by atoms with van der Waals surface area (Å²) in [6.07, 6.45) is 0. The Balaban J connectivity index is 2.95. The number of para-hydroxylation sites is 1. The standard InChI is InChI=1S/C14H22N2O4/c1-18-9-7-16(8-10-19-2)14(17)11-5-4-6-12(15)13(11)20-3/h4-6H,7-10,15H2,1-3H3. The lowest BCUT2D eigenvalue weighted by Crippen LogP contribution is -2.36. The summed E-state index contributed by atoms with van der Waals surface area (Å²) in [5.41, 5.74) is 6.71. The van der Waals surface area contributed by atoms with Crippen LogP contribution in [-0.4, -0.2) is 58.4 Å². The second kappa shape index (κ2) is 8.39. The molecule has 6 nitrogen and oxygen atoms in total. The summed E-state index contributed by atoms with van der Waals surface area (Å²) in [4.78, 5) is 14.2. The van der Waals surface area contributed by atoms with E-state index in [1.54, 1.807) is 37.3 Å². The average Bonchev–Trinajstić information content (AvgIpc) is 2.46. The fraction of sp³-hybridized carbons (Fsp3) is 0.500. The van der Waals surface area contributed by atoms with E-state index in [0.29, 0.717) is 43.3 Å². The SMILES string of the molecule is COCCN(CCOC)C(=O)c1cccc(N)c1OC. The number of ether oxygens (including phenoxy) is 3. The highest BCUT2D eigenvalue weighted by Gasteiger charge is 2.20. The monoisotopic (exact) mass is 282 g/mol. The van der Waals surface area contributed by atoms with Gasteiger partial charge in [-0.3, -0.25) is 4.79 Å².